The number of nitrogens with one attached hydrogen (secondary N) is 2. The standard InChI is InChI=1S/C18H24N4O2S/c23-18-14-5-6-15(19-12-3-1-2-4-12)20-17(14)21-16(22-18)11-25-13-7-9-24-10-8-13/h5-6,12-13H,1-4,7-11H2,(H2,19,20,21,22,23). The molecule has 25 heavy (non-hydrogen) atoms. The number of aromatic nitrogens is 3. The highest BCUT2D eigenvalue weighted by Crippen LogP contribution is 2.25. The average Bonchev–Trinajstić information content (AvgIpc) is 3.14. The van der Waals surface area contributed by atoms with E-state index in [-0.39, 0.29) is 5.56 Å². The summed E-state index contributed by atoms with van der Waals surface area (Å²) in [5.74, 6) is 2.23. The second-order valence-corrected chi connectivity index (χ2v) is 8.12. The van der Waals surface area contributed by atoms with Crippen LogP contribution in [0, 0.1) is 0 Å². The van der Waals surface area contributed by atoms with E-state index in [1.807, 2.05) is 23.9 Å². The van der Waals surface area contributed by atoms with Crippen molar-refractivity contribution in [2.24, 2.45) is 0 Å². The Morgan fingerprint density at radius 1 is 1.16 bits per heavy atom. The van der Waals surface area contributed by atoms with Gasteiger partial charge in [0.25, 0.3) is 5.56 Å². The summed E-state index contributed by atoms with van der Waals surface area (Å²) in [6.07, 6.45) is 7.06. The molecule has 1 aliphatic heterocycles. The van der Waals surface area contributed by atoms with Gasteiger partial charge in [0.15, 0.2) is 5.65 Å². The summed E-state index contributed by atoms with van der Waals surface area (Å²) in [5.41, 5.74) is 0.432. The van der Waals surface area contributed by atoms with Gasteiger partial charge in [0.2, 0.25) is 0 Å². The van der Waals surface area contributed by atoms with E-state index in [9.17, 15) is 4.79 Å². The van der Waals surface area contributed by atoms with Gasteiger partial charge in [-0.15, -0.1) is 0 Å². The van der Waals surface area contributed by atoms with Crippen LogP contribution in [0.2, 0.25) is 0 Å². The van der Waals surface area contributed by atoms with Crippen molar-refractivity contribution in [2.75, 3.05) is 18.5 Å². The van der Waals surface area contributed by atoms with Gasteiger partial charge < -0.3 is 15.0 Å². The number of hydrogen-bond donors (Lipinski definition) is 2. The molecular weight excluding hydrogens is 336 g/mol. The lowest BCUT2D eigenvalue weighted by Crippen LogP contribution is -2.19. The Kier molecular flexibility index (Phi) is 5.22. The monoisotopic (exact) mass is 360 g/mol. The Bertz CT molecular complexity index is 782. The van der Waals surface area contributed by atoms with E-state index >= 15 is 0 Å². The molecule has 0 atom stereocenters. The second-order valence-electron chi connectivity index (χ2n) is 6.83. The van der Waals surface area contributed by atoms with Crippen LogP contribution in [0.3, 0.4) is 0 Å². The summed E-state index contributed by atoms with van der Waals surface area (Å²) in [5, 5.41) is 4.61. The van der Waals surface area contributed by atoms with Gasteiger partial charge in [0.1, 0.15) is 11.6 Å². The first-order valence-electron chi connectivity index (χ1n) is 9.14. The molecule has 1 aliphatic carbocycles. The highest BCUT2D eigenvalue weighted by Gasteiger charge is 2.17. The predicted octanol–water partition coefficient (Wildman–Crippen LogP) is 3.08. The Labute approximate surface area is 151 Å². The Balaban J connectivity index is 1.50. The van der Waals surface area contributed by atoms with Crippen molar-refractivity contribution in [1.82, 2.24) is 15.0 Å². The van der Waals surface area contributed by atoms with Crippen LogP contribution in [0.4, 0.5) is 5.82 Å². The van der Waals surface area contributed by atoms with Crippen molar-refractivity contribution in [2.45, 2.75) is 55.6 Å². The summed E-state index contributed by atoms with van der Waals surface area (Å²) >= 11 is 1.84. The summed E-state index contributed by atoms with van der Waals surface area (Å²) in [6, 6.07) is 4.20. The third-order valence-corrected chi connectivity index (χ3v) is 6.33. The largest absolute Gasteiger partial charge is 0.381 e. The first kappa shape index (κ1) is 16.8. The molecule has 0 aromatic carbocycles. The van der Waals surface area contributed by atoms with Crippen LogP contribution in [0.25, 0.3) is 11.0 Å². The van der Waals surface area contributed by atoms with Crippen molar-refractivity contribution in [3.63, 3.8) is 0 Å². The molecule has 134 valence electrons. The molecular formula is C18H24N4O2S. The van der Waals surface area contributed by atoms with E-state index in [0.717, 1.165) is 31.9 Å². The van der Waals surface area contributed by atoms with Crippen LogP contribution in [0.15, 0.2) is 16.9 Å². The molecule has 7 heteroatoms. The normalized spacial score (nSPS) is 19.5. The zero-order chi connectivity index (χ0) is 17.1. The van der Waals surface area contributed by atoms with Crippen molar-refractivity contribution in [1.29, 1.82) is 0 Å². The highest BCUT2D eigenvalue weighted by molar-refractivity contribution is 7.99. The fourth-order valence-corrected chi connectivity index (χ4v) is 4.59. The van der Waals surface area contributed by atoms with Crippen LogP contribution in [0.5, 0.6) is 0 Å². The molecule has 2 N–H and O–H groups in total. The number of nitrogens with zero attached hydrogens (tertiary/aromatic N) is 2. The maximum atomic E-state index is 12.3. The minimum absolute atomic E-state index is 0.104. The summed E-state index contributed by atoms with van der Waals surface area (Å²) in [7, 11) is 0. The van der Waals surface area contributed by atoms with Crippen LogP contribution >= 0.6 is 11.8 Å². The smallest absolute Gasteiger partial charge is 0.260 e. The van der Waals surface area contributed by atoms with E-state index in [1.54, 1.807) is 0 Å². The van der Waals surface area contributed by atoms with Gasteiger partial charge >= 0.3 is 0 Å². The van der Waals surface area contributed by atoms with Crippen molar-refractivity contribution in [3.8, 4) is 0 Å². The van der Waals surface area contributed by atoms with Gasteiger partial charge in [-0.05, 0) is 37.8 Å². The predicted molar refractivity (Wildman–Crippen MR) is 101 cm³/mol. The number of pyridine rings is 1. The van der Waals surface area contributed by atoms with E-state index in [1.165, 1.54) is 25.7 Å². The zero-order valence-corrected chi connectivity index (χ0v) is 15.1. The number of H-pyrrole nitrogens is 1. The van der Waals surface area contributed by atoms with Gasteiger partial charge in [-0.2, -0.15) is 11.8 Å². The minimum atomic E-state index is -0.104. The minimum Gasteiger partial charge on any atom is -0.381 e. The molecule has 2 aliphatic rings. The number of fused-ring (bicyclic) bond motifs is 1. The lowest BCUT2D eigenvalue weighted by molar-refractivity contribution is 0.1000. The number of rotatable bonds is 5. The summed E-state index contributed by atoms with van der Waals surface area (Å²) < 4.78 is 5.39. The van der Waals surface area contributed by atoms with Crippen molar-refractivity contribution in [3.05, 3.63) is 28.3 Å². The van der Waals surface area contributed by atoms with Crippen LogP contribution < -0.4 is 10.9 Å². The Morgan fingerprint density at radius 2 is 1.96 bits per heavy atom. The molecule has 0 spiro atoms. The van der Waals surface area contributed by atoms with Crippen LogP contribution in [-0.4, -0.2) is 39.5 Å². The first-order valence-corrected chi connectivity index (χ1v) is 10.2. The molecule has 0 unspecified atom stereocenters. The Morgan fingerprint density at radius 3 is 2.76 bits per heavy atom. The lowest BCUT2D eigenvalue weighted by atomic mass is 10.2. The molecule has 0 bridgehead atoms. The van der Waals surface area contributed by atoms with Crippen LogP contribution in [0.1, 0.15) is 44.3 Å². The summed E-state index contributed by atoms with van der Waals surface area (Å²) in [6.45, 7) is 1.66. The lowest BCUT2D eigenvalue weighted by Gasteiger charge is -2.21. The molecule has 0 radical (unpaired) electrons. The molecule has 1 saturated heterocycles. The van der Waals surface area contributed by atoms with E-state index in [4.69, 9.17) is 4.74 Å². The molecule has 2 aromatic rings. The number of anilines is 1. The molecule has 6 nitrogen and oxygen atoms in total. The average molecular weight is 360 g/mol. The first-order chi connectivity index (χ1) is 12.3. The molecule has 0 amide bonds. The fourth-order valence-electron chi connectivity index (χ4n) is 3.53. The molecule has 3 heterocycles. The van der Waals surface area contributed by atoms with E-state index in [2.05, 4.69) is 20.3 Å². The Hall–Kier alpha value is -1.60. The maximum absolute atomic E-state index is 12.3. The quantitative estimate of drug-likeness (QED) is 0.853. The SMILES string of the molecule is O=c1[nH]c(CSC2CCOCC2)nc2nc(NC3CCCC3)ccc12. The van der Waals surface area contributed by atoms with Crippen LogP contribution in [-0.2, 0) is 10.5 Å². The second kappa shape index (κ2) is 7.74. The number of aromatic amines is 1. The van der Waals surface area contributed by atoms with Gasteiger partial charge in [-0.25, -0.2) is 9.97 Å². The fraction of sp³-hybridized carbons (Fsp3) is 0.611. The van der Waals surface area contributed by atoms with Crippen molar-refractivity contribution < 1.29 is 4.74 Å². The number of ether oxygens (including phenoxy) is 1. The maximum Gasteiger partial charge on any atom is 0.260 e. The molecule has 2 fully saturated rings. The number of thioether (sulfide) groups is 1. The highest BCUT2D eigenvalue weighted by atomic mass is 32.2. The van der Waals surface area contributed by atoms with Crippen molar-refractivity contribution >= 4 is 28.6 Å². The van der Waals surface area contributed by atoms with Gasteiger partial charge in [-0.3, -0.25) is 4.79 Å². The topological polar surface area (TPSA) is 79.9 Å². The van der Waals surface area contributed by atoms with Gasteiger partial charge in [0, 0.05) is 24.5 Å². The van der Waals surface area contributed by atoms with E-state index < -0.39 is 0 Å². The molecule has 4 rings (SSSR count). The van der Waals surface area contributed by atoms with Gasteiger partial charge in [0.05, 0.1) is 11.1 Å². The molecule has 1 saturated carbocycles. The van der Waals surface area contributed by atoms with Gasteiger partial charge in [-0.1, -0.05) is 12.8 Å². The van der Waals surface area contributed by atoms with E-state index in [0.29, 0.717) is 33.9 Å². The number of hydrogen-bond acceptors (Lipinski definition) is 6. The summed E-state index contributed by atoms with van der Waals surface area (Å²) in [4.78, 5) is 24.4. The third-order valence-electron chi connectivity index (χ3n) is 4.95. The third kappa shape index (κ3) is 4.15. The zero-order valence-electron chi connectivity index (χ0n) is 14.3. The molecule has 2 aromatic heterocycles.